The first kappa shape index (κ1) is 20.5. The smallest absolute Gasteiger partial charge is 0.311 e. The summed E-state index contributed by atoms with van der Waals surface area (Å²) in [6.45, 7) is 1.90. The number of amides is 2. The quantitative estimate of drug-likeness (QED) is 0.466. The second kappa shape index (κ2) is 8.87. The topological polar surface area (TPSA) is 111 Å². The summed E-state index contributed by atoms with van der Waals surface area (Å²) in [5.41, 5.74) is 2.23. The minimum absolute atomic E-state index is 0.0670. The van der Waals surface area contributed by atoms with Gasteiger partial charge in [-0.25, -0.2) is 0 Å². The number of nitrogens with zero attached hydrogens (tertiary/aromatic N) is 1. The molecule has 0 aromatic heterocycles. The molecule has 3 aromatic rings. The zero-order valence-electron chi connectivity index (χ0n) is 16.3. The molecule has 8 heteroatoms. The van der Waals surface area contributed by atoms with Crippen molar-refractivity contribution >= 4 is 28.9 Å². The number of carbonyl (C=O) groups is 2. The van der Waals surface area contributed by atoms with Gasteiger partial charge >= 0.3 is 5.69 Å². The Hall–Kier alpha value is -4.20. The molecule has 0 aliphatic carbocycles. The van der Waals surface area contributed by atoms with Crippen LogP contribution in [0.3, 0.4) is 0 Å². The van der Waals surface area contributed by atoms with Crippen LogP contribution in [0.5, 0.6) is 5.75 Å². The molecule has 0 bridgehead atoms. The van der Waals surface area contributed by atoms with Gasteiger partial charge in [-0.05, 0) is 49.4 Å². The average molecular weight is 405 g/mol. The van der Waals surface area contributed by atoms with Gasteiger partial charge < -0.3 is 15.4 Å². The van der Waals surface area contributed by atoms with Crippen LogP contribution >= 0.6 is 0 Å². The second-order valence-electron chi connectivity index (χ2n) is 6.50. The van der Waals surface area contributed by atoms with Gasteiger partial charge in [-0.15, -0.1) is 0 Å². The molecule has 0 unspecified atom stereocenters. The van der Waals surface area contributed by atoms with Gasteiger partial charge in [0.05, 0.1) is 12.0 Å². The SMILES string of the molecule is COc1ccc(C(=O)Nc2cccc(NC(=O)c3cccc(C)c3)c2)cc1[N+](=O)[O-]. The van der Waals surface area contributed by atoms with E-state index in [1.807, 2.05) is 13.0 Å². The van der Waals surface area contributed by atoms with Crippen LogP contribution in [-0.2, 0) is 0 Å². The van der Waals surface area contributed by atoms with Crippen molar-refractivity contribution in [3.05, 3.63) is 93.5 Å². The van der Waals surface area contributed by atoms with Gasteiger partial charge in [-0.3, -0.25) is 19.7 Å². The lowest BCUT2D eigenvalue weighted by Gasteiger charge is -2.10. The van der Waals surface area contributed by atoms with Crippen molar-refractivity contribution in [3.8, 4) is 5.75 Å². The number of benzene rings is 3. The molecule has 3 rings (SSSR count). The lowest BCUT2D eigenvalue weighted by atomic mass is 10.1. The highest BCUT2D eigenvalue weighted by molar-refractivity contribution is 6.06. The number of anilines is 2. The highest BCUT2D eigenvalue weighted by atomic mass is 16.6. The van der Waals surface area contributed by atoms with E-state index >= 15 is 0 Å². The molecular formula is C22H19N3O5. The molecule has 8 nitrogen and oxygen atoms in total. The van der Waals surface area contributed by atoms with Gasteiger partial charge in [0.2, 0.25) is 0 Å². The van der Waals surface area contributed by atoms with Crippen LogP contribution in [0.1, 0.15) is 26.3 Å². The second-order valence-corrected chi connectivity index (χ2v) is 6.50. The highest BCUT2D eigenvalue weighted by Gasteiger charge is 2.18. The van der Waals surface area contributed by atoms with E-state index < -0.39 is 10.8 Å². The minimum atomic E-state index is -0.614. The molecule has 2 N–H and O–H groups in total. The molecule has 0 aliphatic rings. The number of carbonyl (C=O) groups excluding carboxylic acids is 2. The zero-order valence-corrected chi connectivity index (χ0v) is 16.3. The Morgan fingerprint density at radius 3 is 2.03 bits per heavy atom. The molecule has 0 saturated carbocycles. The lowest BCUT2D eigenvalue weighted by molar-refractivity contribution is -0.385. The third kappa shape index (κ3) is 4.79. The summed E-state index contributed by atoms with van der Waals surface area (Å²) in [7, 11) is 1.32. The van der Waals surface area contributed by atoms with Crippen molar-refractivity contribution < 1.29 is 19.2 Å². The number of hydrogen-bond donors (Lipinski definition) is 2. The molecule has 3 aromatic carbocycles. The molecule has 2 amide bonds. The molecule has 0 atom stereocenters. The summed E-state index contributed by atoms with van der Waals surface area (Å²) in [6, 6.07) is 17.8. The highest BCUT2D eigenvalue weighted by Crippen LogP contribution is 2.28. The Bertz CT molecular complexity index is 1130. The Balaban J connectivity index is 1.75. The van der Waals surface area contributed by atoms with Gasteiger partial charge in [0, 0.05) is 28.6 Å². The van der Waals surface area contributed by atoms with Crippen molar-refractivity contribution in [1.82, 2.24) is 0 Å². The normalized spacial score (nSPS) is 10.2. The number of nitro groups is 1. The summed E-state index contributed by atoms with van der Waals surface area (Å²) < 4.78 is 4.94. The maximum atomic E-state index is 12.5. The van der Waals surface area contributed by atoms with Crippen LogP contribution in [0.2, 0.25) is 0 Å². The van der Waals surface area contributed by atoms with Crippen LogP contribution in [-0.4, -0.2) is 23.8 Å². The number of ether oxygens (including phenoxy) is 1. The van der Waals surface area contributed by atoms with Crippen LogP contribution in [0.15, 0.2) is 66.7 Å². The van der Waals surface area contributed by atoms with Gasteiger partial charge in [-0.2, -0.15) is 0 Å². The molecule has 0 radical (unpaired) electrons. The van der Waals surface area contributed by atoms with Gasteiger partial charge in [0.1, 0.15) is 0 Å². The van der Waals surface area contributed by atoms with E-state index in [0.717, 1.165) is 11.6 Å². The van der Waals surface area contributed by atoms with Crippen molar-refractivity contribution in [2.75, 3.05) is 17.7 Å². The minimum Gasteiger partial charge on any atom is -0.490 e. The Morgan fingerprint density at radius 1 is 0.867 bits per heavy atom. The number of rotatable bonds is 6. The van der Waals surface area contributed by atoms with E-state index in [1.54, 1.807) is 42.5 Å². The predicted molar refractivity (Wildman–Crippen MR) is 113 cm³/mol. The third-order valence-corrected chi connectivity index (χ3v) is 4.30. The van der Waals surface area contributed by atoms with Gasteiger partial charge in [-0.1, -0.05) is 23.8 Å². The van der Waals surface area contributed by atoms with E-state index in [9.17, 15) is 19.7 Å². The summed E-state index contributed by atoms with van der Waals surface area (Å²) >= 11 is 0. The number of nitro benzene ring substituents is 1. The predicted octanol–water partition coefficient (Wildman–Crippen LogP) is 4.42. The van der Waals surface area contributed by atoms with Crippen LogP contribution < -0.4 is 15.4 Å². The summed E-state index contributed by atoms with van der Waals surface area (Å²) in [6.07, 6.45) is 0. The average Bonchev–Trinajstić information content (AvgIpc) is 2.73. The standard InChI is InChI=1S/C22H19N3O5/c1-14-5-3-6-15(11-14)21(26)23-17-7-4-8-18(13-17)24-22(27)16-9-10-20(30-2)19(12-16)25(28)29/h3-13H,1-2H3,(H,23,26)(H,24,27). The molecule has 0 fully saturated rings. The van der Waals surface area contributed by atoms with Crippen LogP contribution in [0.4, 0.5) is 17.1 Å². The van der Waals surface area contributed by atoms with E-state index in [1.165, 1.54) is 19.2 Å². The Morgan fingerprint density at radius 2 is 1.47 bits per heavy atom. The number of aryl methyl sites for hydroxylation is 1. The van der Waals surface area contributed by atoms with E-state index in [0.29, 0.717) is 16.9 Å². The fraction of sp³-hybridized carbons (Fsp3) is 0.0909. The maximum Gasteiger partial charge on any atom is 0.311 e. The third-order valence-electron chi connectivity index (χ3n) is 4.30. The van der Waals surface area contributed by atoms with Crippen molar-refractivity contribution in [2.45, 2.75) is 6.92 Å². The molecule has 0 spiro atoms. The fourth-order valence-corrected chi connectivity index (χ4v) is 2.84. The maximum absolute atomic E-state index is 12.5. The van der Waals surface area contributed by atoms with Crippen molar-refractivity contribution in [3.63, 3.8) is 0 Å². The molecule has 0 aliphatic heterocycles. The Kier molecular flexibility index (Phi) is 6.07. The summed E-state index contributed by atoms with van der Waals surface area (Å²) in [4.78, 5) is 35.5. The Labute approximate surface area is 172 Å². The first-order chi connectivity index (χ1) is 14.4. The lowest BCUT2D eigenvalue weighted by Crippen LogP contribution is -2.14. The molecule has 0 saturated heterocycles. The van der Waals surface area contributed by atoms with E-state index in [4.69, 9.17) is 4.74 Å². The summed E-state index contributed by atoms with van der Waals surface area (Å²) in [5.74, 6) is -0.728. The fourth-order valence-electron chi connectivity index (χ4n) is 2.84. The van der Waals surface area contributed by atoms with E-state index in [2.05, 4.69) is 10.6 Å². The molecule has 30 heavy (non-hydrogen) atoms. The monoisotopic (exact) mass is 405 g/mol. The van der Waals surface area contributed by atoms with Gasteiger partial charge in [0.25, 0.3) is 11.8 Å². The van der Waals surface area contributed by atoms with Crippen molar-refractivity contribution in [1.29, 1.82) is 0 Å². The summed E-state index contributed by atoms with van der Waals surface area (Å²) in [5, 5.41) is 16.6. The largest absolute Gasteiger partial charge is 0.490 e. The zero-order chi connectivity index (χ0) is 21.7. The van der Waals surface area contributed by atoms with Crippen LogP contribution in [0.25, 0.3) is 0 Å². The van der Waals surface area contributed by atoms with Crippen molar-refractivity contribution in [2.24, 2.45) is 0 Å². The van der Waals surface area contributed by atoms with Crippen LogP contribution in [0, 0.1) is 17.0 Å². The number of methoxy groups -OCH3 is 1. The number of hydrogen-bond acceptors (Lipinski definition) is 5. The molecule has 0 heterocycles. The number of nitrogens with one attached hydrogen (secondary N) is 2. The van der Waals surface area contributed by atoms with E-state index in [-0.39, 0.29) is 22.9 Å². The first-order valence-corrected chi connectivity index (χ1v) is 8.99. The molecule has 152 valence electrons. The first-order valence-electron chi connectivity index (χ1n) is 8.99. The van der Waals surface area contributed by atoms with Gasteiger partial charge in [0.15, 0.2) is 5.75 Å². The molecular weight excluding hydrogens is 386 g/mol.